The van der Waals surface area contributed by atoms with E-state index in [2.05, 4.69) is 34.3 Å². The Morgan fingerprint density at radius 1 is 1.29 bits per heavy atom. The molecule has 3 heterocycles. The molecule has 0 spiro atoms. The third kappa shape index (κ3) is 3.78. The number of hydrogen-bond donors (Lipinski definition) is 1. The van der Waals surface area contributed by atoms with Crippen LogP contribution in [0.4, 0.5) is 11.5 Å². The number of rotatable bonds is 6. The van der Waals surface area contributed by atoms with Crippen molar-refractivity contribution >= 4 is 11.5 Å². The molecule has 2 aromatic heterocycles. The molecule has 4 nitrogen and oxygen atoms in total. The highest BCUT2D eigenvalue weighted by Crippen LogP contribution is 2.19. The molecule has 0 aromatic carbocycles. The molecule has 1 saturated heterocycles. The van der Waals surface area contributed by atoms with E-state index in [1.807, 2.05) is 18.3 Å². The third-order valence-electron chi connectivity index (χ3n) is 3.99. The summed E-state index contributed by atoms with van der Waals surface area (Å²) in [5.41, 5.74) is 1.09. The van der Waals surface area contributed by atoms with Crippen LogP contribution in [0.5, 0.6) is 0 Å². The maximum absolute atomic E-state index is 5.36. The summed E-state index contributed by atoms with van der Waals surface area (Å²) in [7, 11) is 0. The fourth-order valence-corrected chi connectivity index (χ4v) is 2.78. The van der Waals surface area contributed by atoms with Crippen LogP contribution in [0.3, 0.4) is 0 Å². The van der Waals surface area contributed by atoms with Gasteiger partial charge in [-0.05, 0) is 50.5 Å². The van der Waals surface area contributed by atoms with Gasteiger partial charge in [0.2, 0.25) is 0 Å². The van der Waals surface area contributed by atoms with Crippen LogP contribution in [-0.2, 0) is 6.42 Å². The summed E-state index contributed by atoms with van der Waals surface area (Å²) < 4.78 is 5.36. The lowest BCUT2D eigenvalue weighted by molar-refractivity contribution is 0.495. The van der Waals surface area contributed by atoms with Gasteiger partial charge in [-0.25, -0.2) is 4.98 Å². The van der Waals surface area contributed by atoms with Gasteiger partial charge in [0.25, 0.3) is 0 Å². The van der Waals surface area contributed by atoms with Crippen molar-refractivity contribution in [3.63, 3.8) is 0 Å². The molecular formula is C17H23N3O. The second-order valence-corrected chi connectivity index (χ2v) is 5.76. The van der Waals surface area contributed by atoms with E-state index in [-0.39, 0.29) is 0 Å². The predicted molar refractivity (Wildman–Crippen MR) is 85.8 cm³/mol. The van der Waals surface area contributed by atoms with Crippen LogP contribution in [0.2, 0.25) is 0 Å². The Bertz CT molecular complexity index is 530. The summed E-state index contributed by atoms with van der Waals surface area (Å²) in [6.07, 6.45) is 8.24. The quantitative estimate of drug-likeness (QED) is 0.878. The van der Waals surface area contributed by atoms with E-state index in [9.17, 15) is 0 Å². The molecule has 0 bridgehead atoms. The van der Waals surface area contributed by atoms with Gasteiger partial charge < -0.3 is 14.6 Å². The molecule has 3 rings (SSSR count). The van der Waals surface area contributed by atoms with E-state index in [1.165, 1.54) is 12.8 Å². The lowest BCUT2D eigenvalue weighted by Gasteiger charge is -2.18. The largest absolute Gasteiger partial charge is 0.469 e. The Balaban J connectivity index is 1.49. The molecule has 1 aliphatic rings. The van der Waals surface area contributed by atoms with Gasteiger partial charge in [0.15, 0.2) is 0 Å². The predicted octanol–water partition coefficient (Wildman–Crippen LogP) is 3.71. The van der Waals surface area contributed by atoms with E-state index in [0.717, 1.165) is 43.2 Å². The van der Waals surface area contributed by atoms with Crippen LogP contribution in [-0.4, -0.2) is 24.1 Å². The first-order chi connectivity index (χ1) is 10.3. The molecule has 2 aromatic rings. The third-order valence-corrected chi connectivity index (χ3v) is 3.99. The van der Waals surface area contributed by atoms with E-state index in [1.54, 1.807) is 6.26 Å². The lowest BCUT2D eigenvalue weighted by atomic mass is 10.1. The van der Waals surface area contributed by atoms with E-state index < -0.39 is 0 Å². The number of anilines is 2. The van der Waals surface area contributed by atoms with Crippen molar-refractivity contribution in [2.45, 2.75) is 38.6 Å². The number of aromatic nitrogens is 1. The summed E-state index contributed by atoms with van der Waals surface area (Å²) in [6, 6.07) is 8.61. The molecule has 1 unspecified atom stereocenters. The van der Waals surface area contributed by atoms with Crippen LogP contribution < -0.4 is 10.2 Å². The number of aryl methyl sites for hydroxylation is 1. The van der Waals surface area contributed by atoms with Crippen LogP contribution in [0, 0.1) is 0 Å². The van der Waals surface area contributed by atoms with Gasteiger partial charge in [-0.3, -0.25) is 0 Å². The lowest BCUT2D eigenvalue weighted by Crippen LogP contribution is -2.19. The van der Waals surface area contributed by atoms with Crippen LogP contribution in [0.1, 0.15) is 31.9 Å². The molecule has 0 aliphatic carbocycles. The number of nitrogens with zero attached hydrogens (tertiary/aromatic N) is 2. The molecule has 0 saturated carbocycles. The maximum atomic E-state index is 5.36. The molecule has 0 radical (unpaired) electrons. The average Bonchev–Trinajstić information content (AvgIpc) is 3.19. The SMILES string of the molecule is CC(CCc1ccco1)Nc1ccc(N2CCCC2)nc1. The number of hydrogen-bond acceptors (Lipinski definition) is 4. The van der Waals surface area contributed by atoms with Crippen molar-refractivity contribution in [3.8, 4) is 0 Å². The maximum Gasteiger partial charge on any atom is 0.128 e. The first-order valence-corrected chi connectivity index (χ1v) is 7.81. The van der Waals surface area contributed by atoms with Crippen molar-refractivity contribution in [2.75, 3.05) is 23.3 Å². The fourth-order valence-electron chi connectivity index (χ4n) is 2.78. The summed E-state index contributed by atoms with van der Waals surface area (Å²) in [5.74, 6) is 2.15. The summed E-state index contributed by atoms with van der Waals surface area (Å²) in [6.45, 7) is 4.47. The molecule has 1 fully saturated rings. The molecule has 1 atom stereocenters. The molecule has 0 amide bonds. The Hall–Kier alpha value is -1.97. The normalized spacial score (nSPS) is 16.1. The first kappa shape index (κ1) is 14.0. The summed E-state index contributed by atoms with van der Waals surface area (Å²) in [5, 5.41) is 3.50. The second-order valence-electron chi connectivity index (χ2n) is 5.76. The molecular weight excluding hydrogens is 262 g/mol. The number of nitrogens with one attached hydrogen (secondary N) is 1. The van der Waals surface area contributed by atoms with Crippen molar-refractivity contribution in [1.82, 2.24) is 4.98 Å². The zero-order valence-electron chi connectivity index (χ0n) is 12.6. The minimum Gasteiger partial charge on any atom is -0.469 e. The zero-order valence-corrected chi connectivity index (χ0v) is 12.6. The highest BCUT2D eigenvalue weighted by Gasteiger charge is 2.13. The molecule has 4 heteroatoms. The second kappa shape index (κ2) is 6.66. The Kier molecular flexibility index (Phi) is 4.43. The van der Waals surface area contributed by atoms with Gasteiger partial charge in [-0.2, -0.15) is 0 Å². The average molecular weight is 285 g/mol. The zero-order chi connectivity index (χ0) is 14.5. The van der Waals surface area contributed by atoms with Crippen molar-refractivity contribution in [1.29, 1.82) is 0 Å². The van der Waals surface area contributed by atoms with Crippen LogP contribution >= 0.6 is 0 Å². The van der Waals surface area contributed by atoms with Gasteiger partial charge in [0.05, 0.1) is 18.1 Å². The topological polar surface area (TPSA) is 41.3 Å². The van der Waals surface area contributed by atoms with Crippen LogP contribution in [0.25, 0.3) is 0 Å². The fraction of sp³-hybridized carbons (Fsp3) is 0.471. The van der Waals surface area contributed by atoms with Gasteiger partial charge in [0.1, 0.15) is 11.6 Å². The number of pyridine rings is 1. The molecule has 1 aliphatic heterocycles. The van der Waals surface area contributed by atoms with E-state index in [4.69, 9.17) is 4.42 Å². The Morgan fingerprint density at radius 2 is 2.14 bits per heavy atom. The van der Waals surface area contributed by atoms with Gasteiger partial charge in [-0.1, -0.05) is 0 Å². The standard InChI is InChI=1S/C17H23N3O/c1-14(6-8-16-5-4-12-21-16)19-15-7-9-17(18-13-15)20-10-2-3-11-20/h4-5,7,9,12-14,19H,2-3,6,8,10-11H2,1H3. The van der Waals surface area contributed by atoms with E-state index in [0.29, 0.717) is 6.04 Å². The highest BCUT2D eigenvalue weighted by molar-refractivity contribution is 5.49. The number of furan rings is 1. The van der Waals surface area contributed by atoms with Gasteiger partial charge >= 0.3 is 0 Å². The minimum atomic E-state index is 0.398. The molecule has 112 valence electrons. The molecule has 21 heavy (non-hydrogen) atoms. The molecule has 1 N–H and O–H groups in total. The van der Waals surface area contributed by atoms with Crippen LogP contribution in [0.15, 0.2) is 41.1 Å². The highest BCUT2D eigenvalue weighted by atomic mass is 16.3. The Morgan fingerprint density at radius 3 is 2.81 bits per heavy atom. The smallest absolute Gasteiger partial charge is 0.128 e. The Labute approximate surface area is 126 Å². The summed E-state index contributed by atoms with van der Waals surface area (Å²) in [4.78, 5) is 6.92. The first-order valence-electron chi connectivity index (χ1n) is 7.81. The van der Waals surface area contributed by atoms with Crippen molar-refractivity contribution in [2.24, 2.45) is 0 Å². The summed E-state index contributed by atoms with van der Waals surface area (Å²) >= 11 is 0. The van der Waals surface area contributed by atoms with E-state index >= 15 is 0 Å². The minimum absolute atomic E-state index is 0.398. The van der Waals surface area contributed by atoms with Gasteiger partial charge in [0, 0.05) is 25.6 Å². The van der Waals surface area contributed by atoms with Gasteiger partial charge in [-0.15, -0.1) is 0 Å². The van der Waals surface area contributed by atoms with Crippen molar-refractivity contribution in [3.05, 3.63) is 42.5 Å². The van der Waals surface area contributed by atoms with Crippen molar-refractivity contribution < 1.29 is 4.42 Å². The monoisotopic (exact) mass is 285 g/mol.